The minimum Gasteiger partial charge on any atom is -0.300 e. The van der Waals surface area contributed by atoms with Crippen molar-refractivity contribution in [3.05, 3.63) is 21.3 Å². The van der Waals surface area contributed by atoms with Crippen LogP contribution in [0.3, 0.4) is 0 Å². The van der Waals surface area contributed by atoms with Crippen LogP contribution in [0, 0.1) is 5.92 Å². The largest absolute Gasteiger partial charge is 0.300 e. The highest BCUT2D eigenvalue weighted by Crippen LogP contribution is 2.43. The van der Waals surface area contributed by atoms with Crippen LogP contribution in [0.25, 0.3) is 0 Å². The van der Waals surface area contributed by atoms with Gasteiger partial charge >= 0.3 is 0 Å². The van der Waals surface area contributed by atoms with Gasteiger partial charge in [-0.15, -0.1) is 11.3 Å². The number of hydrazine groups is 1. The molecule has 3 rings (SSSR count). The highest BCUT2D eigenvalue weighted by Gasteiger charge is 2.41. The standard InChI is InChI=1S/C13H20ClN3S/c1-17-9-2-3-10(17)7-8(6-9)13(16-15)11-4-5-12(14)18-11/h4-5,8-10,13,16H,2-3,6-7,15H2,1H3. The molecular formula is C13H20ClN3S. The van der Waals surface area contributed by atoms with Crippen LogP contribution in [-0.2, 0) is 0 Å². The van der Waals surface area contributed by atoms with Crippen LogP contribution in [0.4, 0.5) is 0 Å². The fourth-order valence-corrected chi connectivity index (χ4v) is 4.89. The minimum absolute atomic E-state index is 0.263. The molecule has 5 heteroatoms. The summed E-state index contributed by atoms with van der Waals surface area (Å²) in [6, 6.07) is 5.84. The maximum absolute atomic E-state index is 6.03. The first-order valence-corrected chi connectivity index (χ1v) is 7.81. The van der Waals surface area contributed by atoms with Crippen molar-refractivity contribution >= 4 is 22.9 Å². The molecule has 0 amide bonds. The van der Waals surface area contributed by atoms with Gasteiger partial charge in [-0.1, -0.05) is 11.6 Å². The Kier molecular flexibility index (Phi) is 3.65. The van der Waals surface area contributed by atoms with E-state index in [1.165, 1.54) is 30.6 Å². The van der Waals surface area contributed by atoms with Crippen LogP contribution in [-0.4, -0.2) is 24.0 Å². The molecule has 2 saturated heterocycles. The molecular weight excluding hydrogens is 266 g/mol. The lowest BCUT2D eigenvalue weighted by atomic mass is 9.85. The fourth-order valence-electron chi connectivity index (χ4n) is 3.67. The Morgan fingerprint density at radius 3 is 2.56 bits per heavy atom. The molecule has 0 aromatic carbocycles. The van der Waals surface area contributed by atoms with Gasteiger partial charge in [0.1, 0.15) is 0 Å². The molecule has 3 heterocycles. The summed E-state index contributed by atoms with van der Waals surface area (Å²) in [5.74, 6) is 6.43. The van der Waals surface area contributed by atoms with Crippen LogP contribution in [0.1, 0.15) is 36.6 Å². The zero-order chi connectivity index (χ0) is 12.7. The summed E-state index contributed by atoms with van der Waals surface area (Å²) in [6.07, 6.45) is 5.19. The Morgan fingerprint density at radius 2 is 2.06 bits per heavy atom. The number of piperidine rings is 1. The topological polar surface area (TPSA) is 41.3 Å². The van der Waals surface area contributed by atoms with E-state index in [1.807, 2.05) is 6.07 Å². The van der Waals surface area contributed by atoms with E-state index < -0.39 is 0 Å². The van der Waals surface area contributed by atoms with E-state index in [9.17, 15) is 0 Å². The van der Waals surface area contributed by atoms with Gasteiger partial charge in [-0.3, -0.25) is 11.3 Å². The van der Waals surface area contributed by atoms with Crippen molar-refractivity contribution in [2.24, 2.45) is 11.8 Å². The van der Waals surface area contributed by atoms with E-state index in [1.54, 1.807) is 11.3 Å². The molecule has 3 atom stereocenters. The average Bonchev–Trinajstić information content (AvgIpc) is 2.83. The van der Waals surface area contributed by atoms with Crippen LogP contribution in [0.15, 0.2) is 12.1 Å². The fraction of sp³-hybridized carbons (Fsp3) is 0.692. The molecule has 0 saturated carbocycles. The van der Waals surface area contributed by atoms with Crippen LogP contribution in [0.5, 0.6) is 0 Å². The van der Waals surface area contributed by atoms with Crippen molar-refractivity contribution in [1.82, 2.24) is 10.3 Å². The monoisotopic (exact) mass is 285 g/mol. The van der Waals surface area contributed by atoms with E-state index in [4.69, 9.17) is 17.4 Å². The maximum atomic E-state index is 6.03. The average molecular weight is 286 g/mol. The van der Waals surface area contributed by atoms with Gasteiger partial charge in [-0.05, 0) is 50.8 Å². The molecule has 3 N–H and O–H groups in total. The highest BCUT2D eigenvalue weighted by molar-refractivity contribution is 7.16. The first-order valence-electron chi connectivity index (χ1n) is 6.62. The number of thiophene rings is 1. The number of halogens is 1. The van der Waals surface area contributed by atoms with Crippen molar-refractivity contribution in [1.29, 1.82) is 0 Å². The summed E-state index contributed by atoms with van der Waals surface area (Å²) >= 11 is 7.68. The first-order chi connectivity index (χ1) is 8.69. The van der Waals surface area contributed by atoms with Gasteiger partial charge < -0.3 is 4.90 Å². The Bertz CT molecular complexity index is 408. The minimum atomic E-state index is 0.263. The predicted octanol–water partition coefficient (Wildman–Crippen LogP) is 2.78. The lowest BCUT2D eigenvalue weighted by Crippen LogP contribution is -2.44. The third-order valence-corrected chi connectivity index (χ3v) is 6.00. The second-order valence-corrected chi connectivity index (χ2v) is 7.31. The molecule has 0 aliphatic carbocycles. The van der Waals surface area contributed by atoms with E-state index in [0.29, 0.717) is 5.92 Å². The van der Waals surface area contributed by atoms with E-state index in [0.717, 1.165) is 16.4 Å². The zero-order valence-corrected chi connectivity index (χ0v) is 12.2. The summed E-state index contributed by atoms with van der Waals surface area (Å²) in [6.45, 7) is 0. The Balaban J connectivity index is 1.77. The molecule has 2 aliphatic heterocycles. The summed E-state index contributed by atoms with van der Waals surface area (Å²) in [7, 11) is 2.27. The molecule has 3 unspecified atom stereocenters. The van der Waals surface area contributed by atoms with Crippen molar-refractivity contribution < 1.29 is 0 Å². The van der Waals surface area contributed by atoms with E-state index >= 15 is 0 Å². The first kappa shape index (κ1) is 12.9. The molecule has 3 nitrogen and oxygen atoms in total. The SMILES string of the molecule is CN1C2CCC1CC(C(NN)c1ccc(Cl)s1)C2. The number of hydrogen-bond acceptors (Lipinski definition) is 4. The summed E-state index contributed by atoms with van der Waals surface area (Å²) in [5.41, 5.74) is 3.02. The van der Waals surface area contributed by atoms with Gasteiger partial charge in [-0.25, -0.2) is 0 Å². The molecule has 100 valence electrons. The van der Waals surface area contributed by atoms with E-state index in [-0.39, 0.29) is 6.04 Å². The van der Waals surface area contributed by atoms with Crippen molar-refractivity contribution in [2.75, 3.05) is 7.05 Å². The molecule has 0 radical (unpaired) electrons. The van der Waals surface area contributed by atoms with Crippen LogP contribution in [0.2, 0.25) is 4.34 Å². The highest BCUT2D eigenvalue weighted by atomic mass is 35.5. The summed E-state index contributed by atoms with van der Waals surface area (Å²) < 4.78 is 0.848. The molecule has 2 aliphatic rings. The molecule has 1 aromatic rings. The Labute approximate surface area is 117 Å². The number of nitrogens with two attached hydrogens (primary N) is 1. The molecule has 2 bridgehead atoms. The van der Waals surface area contributed by atoms with Gasteiger partial charge in [0.15, 0.2) is 0 Å². The number of rotatable bonds is 3. The lowest BCUT2D eigenvalue weighted by molar-refractivity contribution is 0.113. The summed E-state index contributed by atoms with van der Waals surface area (Å²) in [5, 5.41) is 0. The summed E-state index contributed by atoms with van der Waals surface area (Å²) in [4.78, 5) is 3.84. The van der Waals surface area contributed by atoms with Gasteiger partial charge in [-0.2, -0.15) is 0 Å². The Hall–Kier alpha value is -0.130. The van der Waals surface area contributed by atoms with Gasteiger partial charge in [0.25, 0.3) is 0 Å². The molecule has 0 spiro atoms. The molecule has 1 aromatic heterocycles. The maximum Gasteiger partial charge on any atom is 0.0931 e. The zero-order valence-electron chi connectivity index (χ0n) is 10.6. The smallest absolute Gasteiger partial charge is 0.0931 e. The Morgan fingerprint density at radius 1 is 1.39 bits per heavy atom. The normalized spacial score (nSPS) is 33.8. The van der Waals surface area contributed by atoms with E-state index in [2.05, 4.69) is 23.4 Å². The quantitative estimate of drug-likeness (QED) is 0.663. The van der Waals surface area contributed by atoms with Crippen molar-refractivity contribution in [3.8, 4) is 0 Å². The van der Waals surface area contributed by atoms with Crippen molar-refractivity contribution in [3.63, 3.8) is 0 Å². The second kappa shape index (κ2) is 5.10. The van der Waals surface area contributed by atoms with Crippen LogP contribution >= 0.6 is 22.9 Å². The second-order valence-electron chi connectivity index (χ2n) is 5.57. The predicted molar refractivity (Wildman–Crippen MR) is 76.7 cm³/mol. The number of hydrogen-bond donors (Lipinski definition) is 2. The lowest BCUT2D eigenvalue weighted by Gasteiger charge is -2.39. The third kappa shape index (κ3) is 2.21. The van der Waals surface area contributed by atoms with Gasteiger partial charge in [0, 0.05) is 17.0 Å². The van der Waals surface area contributed by atoms with Crippen molar-refractivity contribution in [2.45, 2.75) is 43.8 Å². The molecule has 2 fully saturated rings. The number of nitrogens with one attached hydrogen (secondary N) is 1. The van der Waals surface area contributed by atoms with Gasteiger partial charge in [0.2, 0.25) is 0 Å². The molecule has 18 heavy (non-hydrogen) atoms. The number of nitrogens with zero attached hydrogens (tertiary/aromatic N) is 1. The van der Waals surface area contributed by atoms with Crippen LogP contribution < -0.4 is 11.3 Å². The third-order valence-electron chi connectivity index (χ3n) is 4.69. The number of fused-ring (bicyclic) bond motifs is 2. The van der Waals surface area contributed by atoms with Gasteiger partial charge in [0.05, 0.1) is 10.4 Å².